The van der Waals surface area contributed by atoms with E-state index < -0.39 is 9.84 Å². The molecule has 0 radical (unpaired) electrons. The van der Waals surface area contributed by atoms with E-state index in [0.29, 0.717) is 17.3 Å². The maximum Gasteiger partial charge on any atom is 0.227 e. The third-order valence-electron chi connectivity index (χ3n) is 4.36. The van der Waals surface area contributed by atoms with Crippen LogP contribution in [-0.2, 0) is 9.84 Å². The van der Waals surface area contributed by atoms with Crippen LogP contribution in [0.2, 0.25) is 0 Å². The molecule has 0 atom stereocenters. The number of aryl methyl sites for hydroxylation is 1. The van der Waals surface area contributed by atoms with Crippen molar-refractivity contribution >= 4 is 21.5 Å². The van der Waals surface area contributed by atoms with Gasteiger partial charge in [0.2, 0.25) is 5.95 Å². The van der Waals surface area contributed by atoms with Crippen LogP contribution in [0.25, 0.3) is 11.4 Å². The van der Waals surface area contributed by atoms with Gasteiger partial charge in [-0.25, -0.2) is 23.4 Å². The lowest BCUT2D eigenvalue weighted by Crippen LogP contribution is -2.07. The molecule has 0 bridgehead atoms. The first-order valence-corrected chi connectivity index (χ1v) is 11.9. The van der Waals surface area contributed by atoms with Gasteiger partial charge in [-0.05, 0) is 71.6 Å². The molecule has 0 unspecified atom stereocenters. The van der Waals surface area contributed by atoms with Crippen molar-refractivity contribution in [3.8, 4) is 11.4 Å². The normalized spacial score (nSPS) is 11.2. The maximum absolute atomic E-state index is 12.1. The lowest BCUT2D eigenvalue weighted by Gasteiger charge is -2.14. The highest BCUT2D eigenvalue weighted by molar-refractivity contribution is 7.91. The van der Waals surface area contributed by atoms with Gasteiger partial charge in [-0.2, -0.15) is 0 Å². The number of sulfone groups is 1. The molecule has 0 fully saturated rings. The molecule has 9 heteroatoms. The van der Waals surface area contributed by atoms with Gasteiger partial charge in [-0.3, -0.25) is 0 Å². The van der Waals surface area contributed by atoms with Crippen LogP contribution in [0.5, 0.6) is 0 Å². The van der Waals surface area contributed by atoms with Crippen LogP contribution < -0.4 is 10.6 Å². The van der Waals surface area contributed by atoms with E-state index in [9.17, 15) is 8.42 Å². The fourth-order valence-electron chi connectivity index (χ4n) is 3.12. The molecule has 2 N–H and O–H groups in total. The Bertz CT molecular complexity index is 1080. The molecule has 0 aliphatic carbocycles. The van der Waals surface area contributed by atoms with Crippen molar-refractivity contribution in [1.82, 2.24) is 24.8 Å². The van der Waals surface area contributed by atoms with E-state index in [2.05, 4.69) is 44.0 Å². The zero-order valence-electron chi connectivity index (χ0n) is 19.0. The van der Waals surface area contributed by atoms with E-state index in [1.807, 2.05) is 40.2 Å². The summed E-state index contributed by atoms with van der Waals surface area (Å²) in [5.74, 6) is 1.52. The number of imidazole rings is 1. The molecule has 3 aromatic rings. The van der Waals surface area contributed by atoms with Crippen molar-refractivity contribution in [2.75, 3.05) is 25.2 Å². The van der Waals surface area contributed by atoms with Crippen molar-refractivity contribution in [2.45, 2.75) is 45.1 Å². The fraction of sp³-hybridized carbons (Fsp3) is 0.409. The Morgan fingerprint density at radius 2 is 1.71 bits per heavy atom. The van der Waals surface area contributed by atoms with Gasteiger partial charge >= 0.3 is 0 Å². The fourth-order valence-corrected chi connectivity index (χ4v) is 4.44. The predicted octanol–water partition coefficient (Wildman–Crippen LogP) is 3.99. The first kappa shape index (κ1) is 24.5. The number of nitrogens with one attached hydrogen (secondary N) is 2. The molecule has 1 aromatic carbocycles. The van der Waals surface area contributed by atoms with Crippen LogP contribution in [0.4, 0.5) is 11.6 Å². The van der Waals surface area contributed by atoms with Gasteiger partial charge in [0.1, 0.15) is 5.82 Å². The number of anilines is 2. The average Bonchev–Trinajstić information content (AvgIpc) is 3.11. The third-order valence-corrected chi connectivity index (χ3v) is 6.29. The summed E-state index contributed by atoms with van der Waals surface area (Å²) in [6.07, 6.45) is 4.10. The Morgan fingerprint density at radius 1 is 1.06 bits per heavy atom. The largest absolute Gasteiger partial charge is 0.324 e. The van der Waals surface area contributed by atoms with Crippen molar-refractivity contribution in [3.05, 3.63) is 48.5 Å². The molecule has 2 heterocycles. The van der Waals surface area contributed by atoms with Crippen LogP contribution in [0.3, 0.4) is 0 Å². The van der Waals surface area contributed by atoms with Crippen LogP contribution in [-0.4, -0.2) is 47.8 Å². The molecule has 8 nitrogen and oxygen atoms in total. The summed E-state index contributed by atoms with van der Waals surface area (Å²) in [4.78, 5) is 13.6. The zero-order valence-corrected chi connectivity index (χ0v) is 19.9. The first-order valence-electron chi connectivity index (χ1n) is 10.3. The van der Waals surface area contributed by atoms with E-state index in [-0.39, 0.29) is 11.8 Å². The standard InChI is InChI=1S/C20H25N5O2S.C2H7N/c1-5-12-28(26,27)17-8-6-16(7-9-17)23-20-21-11-10-18(24-20)19-13-22-15(4)25(19)14(2)3;1-3-2/h6-11,13-14H,5,12H2,1-4H3,(H,21,23,24);3H,1-2H3. The molecule has 31 heavy (non-hydrogen) atoms. The number of benzene rings is 1. The Hall–Kier alpha value is -2.78. The van der Waals surface area contributed by atoms with Gasteiger partial charge in [0.15, 0.2) is 9.84 Å². The Balaban J connectivity index is 0.00000107. The number of rotatable bonds is 7. The van der Waals surface area contributed by atoms with Gasteiger partial charge in [0.25, 0.3) is 0 Å². The molecule has 168 valence electrons. The molecule has 2 aromatic heterocycles. The van der Waals surface area contributed by atoms with E-state index in [1.54, 1.807) is 30.5 Å². The van der Waals surface area contributed by atoms with Crippen molar-refractivity contribution in [3.63, 3.8) is 0 Å². The molecule has 0 amide bonds. The molecule has 0 saturated carbocycles. The minimum atomic E-state index is -3.22. The number of hydrogen-bond acceptors (Lipinski definition) is 7. The Labute approximate surface area is 185 Å². The molecule has 3 rings (SSSR count). The van der Waals surface area contributed by atoms with Gasteiger partial charge in [0.05, 0.1) is 28.2 Å². The van der Waals surface area contributed by atoms with Gasteiger partial charge < -0.3 is 15.2 Å². The summed E-state index contributed by atoms with van der Waals surface area (Å²) in [6.45, 7) is 8.03. The monoisotopic (exact) mass is 444 g/mol. The Kier molecular flexibility index (Phi) is 8.70. The predicted molar refractivity (Wildman–Crippen MR) is 125 cm³/mol. The van der Waals surface area contributed by atoms with Gasteiger partial charge in [-0.15, -0.1) is 0 Å². The second-order valence-electron chi connectivity index (χ2n) is 7.39. The third kappa shape index (κ3) is 6.35. The maximum atomic E-state index is 12.1. The van der Waals surface area contributed by atoms with Crippen LogP contribution in [0, 0.1) is 6.92 Å². The number of nitrogens with zero attached hydrogens (tertiary/aromatic N) is 4. The van der Waals surface area contributed by atoms with Crippen LogP contribution >= 0.6 is 0 Å². The van der Waals surface area contributed by atoms with E-state index in [1.165, 1.54) is 0 Å². The summed E-state index contributed by atoms with van der Waals surface area (Å²) in [5, 5.41) is 5.88. The van der Waals surface area contributed by atoms with Crippen molar-refractivity contribution in [2.24, 2.45) is 0 Å². The summed E-state index contributed by atoms with van der Waals surface area (Å²) < 4.78 is 26.4. The number of aromatic nitrogens is 4. The highest BCUT2D eigenvalue weighted by Gasteiger charge is 2.14. The smallest absolute Gasteiger partial charge is 0.227 e. The first-order chi connectivity index (χ1) is 14.7. The summed E-state index contributed by atoms with van der Waals surface area (Å²) in [7, 11) is 0.528. The molecule has 0 aliphatic rings. The van der Waals surface area contributed by atoms with Crippen LogP contribution in [0.1, 0.15) is 39.1 Å². The molecular weight excluding hydrogens is 412 g/mol. The van der Waals surface area contributed by atoms with E-state index in [4.69, 9.17) is 0 Å². The van der Waals surface area contributed by atoms with Crippen LogP contribution in [0.15, 0.2) is 47.6 Å². The van der Waals surface area contributed by atoms with Gasteiger partial charge in [-0.1, -0.05) is 6.92 Å². The number of hydrogen-bond donors (Lipinski definition) is 2. The topological polar surface area (TPSA) is 102 Å². The summed E-state index contributed by atoms with van der Waals surface area (Å²) in [5.41, 5.74) is 2.43. The lowest BCUT2D eigenvalue weighted by atomic mass is 10.2. The molecule has 0 saturated heterocycles. The SMILES string of the molecule is CCCS(=O)(=O)c1ccc(Nc2nccc(-c3cnc(C)n3C(C)C)n2)cc1.CNC. The minimum absolute atomic E-state index is 0.147. The molecular formula is C22H32N6O2S. The highest BCUT2D eigenvalue weighted by Crippen LogP contribution is 2.24. The quantitative estimate of drug-likeness (QED) is 0.568. The van der Waals surface area contributed by atoms with Gasteiger partial charge in [0, 0.05) is 17.9 Å². The second kappa shape index (κ2) is 11.0. The lowest BCUT2D eigenvalue weighted by molar-refractivity contribution is 0.587. The summed E-state index contributed by atoms with van der Waals surface area (Å²) >= 11 is 0. The minimum Gasteiger partial charge on any atom is -0.324 e. The highest BCUT2D eigenvalue weighted by atomic mass is 32.2. The second-order valence-corrected chi connectivity index (χ2v) is 9.50. The molecule has 0 aliphatic heterocycles. The van der Waals surface area contributed by atoms with Crippen molar-refractivity contribution in [1.29, 1.82) is 0 Å². The van der Waals surface area contributed by atoms with E-state index in [0.717, 1.165) is 22.9 Å². The van der Waals surface area contributed by atoms with E-state index >= 15 is 0 Å². The zero-order chi connectivity index (χ0) is 23.0. The summed E-state index contributed by atoms with van der Waals surface area (Å²) in [6, 6.07) is 8.77. The Morgan fingerprint density at radius 3 is 2.29 bits per heavy atom. The average molecular weight is 445 g/mol. The molecule has 0 spiro atoms. The van der Waals surface area contributed by atoms with Crippen molar-refractivity contribution < 1.29 is 8.42 Å².